The first-order valence-corrected chi connectivity index (χ1v) is 6.85. The Bertz CT molecular complexity index is 407. The van der Waals surface area contributed by atoms with Gasteiger partial charge in [-0.25, -0.2) is 0 Å². The summed E-state index contributed by atoms with van der Waals surface area (Å²) in [5, 5.41) is 15.7. The van der Waals surface area contributed by atoms with Crippen molar-refractivity contribution in [1.29, 1.82) is 0 Å². The van der Waals surface area contributed by atoms with Crippen LogP contribution in [0.5, 0.6) is 5.75 Å². The minimum Gasteiger partial charge on any atom is -0.508 e. The van der Waals surface area contributed by atoms with Gasteiger partial charge in [-0.05, 0) is 26.3 Å². The molecule has 4 nitrogen and oxygen atoms in total. The molecule has 3 N–H and O–H groups in total. The van der Waals surface area contributed by atoms with Crippen molar-refractivity contribution in [2.75, 3.05) is 0 Å². The molecule has 106 valence electrons. The fourth-order valence-electron chi connectivity index (χ4n) is 1.89. The zero-order valence-electron chi connectivity index (χ0n) is 11.9. The van der Waals surface area contributed by atoms with Gasteiger partial charge in [0.25, 0.3) is 0 Å². The van der Waals surface area contributed by atoms with Gasteiger partial charge in [-0.2, -0.15) is 0 Å². The van der Waals surface area contributed by atoms with Gasteiger partial charge in [0.05, 0.1) is 6.04 Å². The van der Waals surface area contributed by atoms with Gasteiger partial charge in [-0.3, -0.25) is 4.79 Å². The molecule has 19 heavy (non-hydrogen) atoms. The lowest BCUT2D eigenvalue weighted by molar-refractivity contribution is -0.123. The highest BCUT2D eigenvalue weighted by Crippen LogP contribution is 2.14. The highest BCUT2D eigenvalue weighted by Gasteiger charge is 2.14. The number of carbonyl (C=O) groups excluding carboxylic acids is 1. The van der Waals surface area contributed by atoms with Crippen molar-refractivity contribution in [1.82, 2.24) is 10.6 Å². The summed E-state index contributed by atoms with van der Waals surface area (Å²) in [7, 11) is 0. The molecule has 0 heterocycles. The number of amides is 1. The van der Waals surface area contributed by atoms with Crippen molar-refractivity contribution in [2.24, 2.45) is 0 Å². The van der Waals surface area contributed by atoms with Gasteiger partial charge in [-0.1, -0.05) is 31.5 Å². The molecule has 0 aliphatic rings. The maximum absolute atomic E-state index is 11.9. The first-order chi connectivity index (χ1) is 9.04. The number of carbonyl (C=O) groups is 1. The Kier molecular flexibility index (Phi) is 6.36. The average Bonchev–Trinajstić information content (AvgIpc) is 2.37. The van der Waals surface area contributed by atoms with E-state index >= 15 is 0 Å². The van der Waals surface area contributed by atoms with E-state index in [4.69, 9.17) is 0 Å². The van der Waals surface area contributed by atoms with E-state index in [1.807, 2.05) is 26.0 Å². The van der Waals surface area contributed by atoms with Crippen LogP contribution in [-0.4, -0.2) is 23.1 Å². The van der Waals surface area contributed by atoms with E-state index in [1.165, 1.54) is 0 Å². The predicted molar refractivity (Wildman–Crippen MR) is 76.9 cm³/mol. The molecule has 0 aliphatic carbocycles. The Balaban J connectivity index is 2.40. The molecule has 1 aromatic carbocycles. The number of rotatable bonds is 7. The van der Waals surface area contributed by atoms with Gasteiger partial charge in [-0.15, -0.1) is 0 Å². The number of aromatic hydroxyl groups is 1. The fraction of sp³-hybridized carbons (Fsp3) is 0.533. The molecule has 0 radical (unpaired) electrons. The van der Waals surface area contributed by atoms with E-state index in [9.17, 15) is 9.90 Å². The zero-order valence-corrected chi connectivity index (χ0v) is 11.9. The predicted octanol–water partition coefficient (Wildman–Crippen LogP) is 2.18. The summed E-state index contributed by atoms with van der Waals surface area (Å²) in [6, 6.07) is 7.05. The van der Waals surface area contributed by atoms with Crippen LogP contribution >= 0.6 is 0 Å². The topological polar surface area (TPSA) is 61.4 Å². The molecule has 0 spiro atoms. The lowest BCUT2D eigenvalue weighted by Crippen LogP contribution is -2.45. The molecule has 4 heteroatoms. The highest BCUT2D eigenvalue weighted by atomic mass is 16.3. The van der Waals surface area contributed by atoms with E-state index in [-0.39, 0.29) is 23.7 Å². The van der Waals surface area contributed by atoms with Gasteiger partial charge in [0.1, 0.15) is 5.75 Å². The van der Waals surface area contributed by atoms with Gasteiger partial charge >= 0.3 is 0 Å². The summed E-state index contributed by atoms with van der Waals surface area (Å²) in [4.78, 5) is 11.9. The Morgan fingerprint density at radius 2 is 2.00 bits per heavy atom. The van der Waals surface area contributed by atoms with E-state index in [0.717, 1.165) is 18.4 Å². The highest BCUT2D eigenvalue weighted by molar-refractivity contribution is 5.81. The van der Waals surface area contributed by atoms with Crippen LogP contribution in [0.4, 0.5) is 0 Å². The lowest BCUT2D eigenvalue weighted by Gasteiger charge is -2.18. The summed E-state index contributed by atoms with van der Waals surface area (Å²) in [5.74, 6) is 0.248. The molecule has 1 aromatic rings. The number of hydrogen-bond acceptors (Lipinski definition) is 3. The summed E-state index contributed by atoms with van der Waals surface area (Å²) in [5.41, 5.74) is 0.795. The van der Waals surface area contributed by atoms with Crippen LogP contribution in [0.2, 0.25) is 0 Å². The fourth-order valence-corrected chi connectivity index (χ4v) is 1.89. The van der Waals surface area contributed by atoms with Crippen LogP contribution in [0.25, 0.3) is 0 Å². The number of phenols is 1. The molecule has 0 fully saturated rings. The number of para-hydroxylation sites is 1. The van der Waals surface area contributed by atoms with Gasteiger partial charge in [0.2, 0.25) is 5.91 Å². The maximum atomic E-state index is 11.9. The average molecular weight is 264 g/mol. The quantitative estimate of drug-likeness (QED) is 0.707. The zero-order chi connectivity index (χ0) is 14.3. The second kappa shape index (κ2) is 7.79. The molecule has 0 saturated heterocycles. The van der Waals surface area contributed by atoms with Crippen molar-refractivity contribution < 1.29 is 9.90 Å². The number of nitrogens with one attached hydrogen (secondary N) is 2. The smallest absolute Gasteiger partial charge is 0.237 e. The summed E-state index contributed by atoms with van der Waals surface area (Å²) >= 11 is 0. The second-order valence-corrected chi connectivity index (χ2v) is 4.93. The standard InChI is InChI=1S/C15H24N2O2/c1-4-7-11(2)17-15(19)12(3)16-10-13-8-5-6-9-14(13)18/h5-6,8-9,11-12,16,18H,4,7,10H2,1-3H3,(H,17,19). The van der Waals surface area contributed by atoms with Crippen LogP contribution < -0.4 is 10.6 Å². The minimum atomic E-state index is -0.279. The van der Waals surface area contributed by atoms with E-state index < -0.39 is 0 Å². The Morgan fingerprint density at radius 1 is 1.32 bits per heavy atom. The number of hydrogen-bond donors (Lipinski definition) is 3. The second-order valence-electron chi connectivity index (χ2n) is 4.93. The van der Waals surface area contributed by atoms with Gasteiger partial charge < -0.3 is 15.7 Å². The first kappa shape index (κ1) is 15.5. The third kappa shape index (κ3) is 5.30. The molecular weight excluding hydrogens is 240 g/mol. The summed E-state index contributed by atoms with van der Waals surface area (Å²) < 4.78 is 0. The molecule has 2 unspecified atom stereocenters. The molecule has 0 aliphatic heterocycles. The maximum Gasteiger partial charge on any atom is 0.237 e. The van der Waals surface area contributed by atoms with Crippen LogP contribution in [0.1, 0.15) is 39.2 Å². The van der Waals surface area contributed by atoms with Gasteiger partial charge in [0, 0.05) is 18.2 Å². The normalized spacial score (nSPS) is 13.8. The van der Waals surface area contributed by atoms with Crippen molar-refractivity contribution in [3.8, 4) is 5.75 Å². The summed E-state index contributed by atoms with van der Waals surface area (Å²) in [6.07, 6.45) is 2.04. The molecule has 1 amide bonds. The molecule has 0 saturated carbocycles. The third-order valence-corrected chi connectivity index (χ3v) is 3.09. The van der Waals surface area contributed by atoms with E-state index in [0.29, 0.717) is 6.54 Å². The minimum absolute atomic E-state index is 0.00336. The lowest BCUT2D eigenvalue weighted by atomic mass is 10.1. The van der Waals surface area contributed by atoms with Crippen molar-refractivity contribution >= 4 is 5.91 Å². The molecular formula is C15H24N2O2. The van der Waals surface area contributed by atoms with Crippen LogP contribution in [0.3, 0.4) is 0 Å². The molecule has 1 rings (SSSR count). The molecule has 0 aromatic heterocycles. The van der Waals surface area contributed by atoms with Crippen LogP contribution in [0.15, 0.2) is 24.3 Å². The van der Waals surface area contributed by atoms with Crippen LogP contribution in [-0.2, 0) is 11.3 Å². The Labute approximate surface area is 115 Å². The third-order valence-electron chi connectivity index (χ3n) is 3.09. The molecule has 2 atom stereocenters. The molecule has 0 bridgehead atoms. The monoisotopic (exact) mass is 264 g/mol. The number of benzene rings is 1. The Morgan fingerprint density at radius 3 is 2.63 bits per heavy atom. The Hall–Kier alpha value is -1.55. The van der Waals surface area contributed by atoms with Gasteiger partial charge in [0.15, 0.2) is 0 Å². The van der Waals surface area contributed by atoms with E-state index in [1.54, 1.807) is 12.1 Å². The van der Waals surface area contributed by atoms with Crippen LogP contribution in [0, 0.1) is 0 Å². The van der Waals surface area contributed by atoms with Crippen molar-refractivity contribution in [3.63, 3.8) is 0 Å². The largest absolute Gasteiger partial charge is 0.508 e. The van der Waals surface area contributed by atoms with Crippen molar-refractivity contribution in [2.45, 2.75) is 52.2 Å². The van der Waals surface area contributed by atoms with Crippen molar-refractivity contribution in [3.05, 3.63) is 29.8 Å². The number of phenolic OH excluding ortho intramolecular Hbond substituents is 1. The summed E-state index contributed by atoms with van der Waals surface area (Å²) in [6.45, 7) is 6.41. The SMILES string of the molecule is CCCC(C)NC(=O)C(C)NCc1ccccc1O. The first-order valence-electron chi connectivity index (χ1n) is 6.85. The van der Waals surface area contributed by atoms with E-state index in [2.05, 4.69) is 17.6 Å².